The number of ether oxygens (including phenoxy) is 2. The Morgan fingerprint density at radius 1 is 0.443 bits per heavy atom. The minimum Gasteiger partial charge on any atom is -0.379 e. The maximum Gasteiger partial charge on any atom is 0.277 e. The molecule has 0 amide bonds. The zero-order chi connectivity index (χ0) is 67.4. The normalized spacial score (nSPS) is 16.3. The van der Waals surface area contributed by atoms with Gasteiger partial charge in [-0.25, -0.2) is 29.5 Å². The monoisotopic (exact) mass is 1300 g/mol. The van der Waals surface area contributed by atoms with Gasteiger partial charge in [-0.3, -0.25) is 52.8 Å². The molecule has 5 aliphatic carbocycles. The minimum absolute atomic E-state index is 0. The summed E-state index contributed by atoms with van der Waals surface area (Å²) in [5, 5.41) is 0. The van der Waals surface area contributed by atoms with Crippen molar-refractivity contribution in [2.45, 2.75) is 85.8 Å². The van der Waals surface area contributed by atoms with Gasteiger partial charge in [-0.2, -0.15) is 0 Å². The molecule has 2 aliphatic heterocycles. The Morgan fingerprint density at radius 3 is 1.28 bits per heavy atom. The van der Waals surface area contributed by atoms with E-state index in [0.29, 0.717) is 117 Å². The summed E-state index contributed by atoms with van der Waals surface area (Å²) in [6.07, 6.45) is 3.26. The van der Waals surface area contributed by atoms with E-state index >= 15 is 0 Å². The van der Waals surface area contributed by atoms with Crippen LogP contribution in [0.15, 0.2) is 121 Å². The molecule has 7 aliphatic rings. The first-order valence-corrected chi connectivity index (χ1v) is 31.7. The van der Waals surface area contributed by atoms with Gasteiger partial charge in [0.25, 0.3) is 34.7 Å². The van der Waals surface area contributed by atoms with Crippen LogP contribution in [0.4, 0.5) is 0 Å². The SMILES string of the molecule is C.CC(C)c1nc2c([nH]1)C(=O)C(=O)c1ccccc1-2.CC(c1nc2c([nH]1)C(=O)C(=O)c1ccccc1-2)N1CCOCC1.CCc1[nH]c2c([n+]1C)C(=O)C(=O)c1ccccc1-2.CCc1nc2c([nH]1)C(=O)C(=O)c1ccccc1-2.O=C1C(=O)c2[nH]c(C3CCCO3)nc2-c2ccccc21. The van der Waals surface area contributed by atoms with Gasteiger partial charge in [0.05, 0.1) is 26.3 Å². The number of rotatable bonds is 6. The molecule has 23 heteroatoms. The quantitative estimate of drug-likeness (QED) is 0.0763. The van der Waals surface area contributed by atoms with Gasteiger partial charge in [-0.1, -0.05) is 150 Å². The number of imidazole rings is 5. The van der Waals surface area contributed by atoms with E-state index in [9.17, 15) is 47.9 Å². The molecule has 0 spiro atoms. The van der Waals surface area contributed by atoms with Crippen molar-refractivity contribution in [1.29, 1.82) is 0 Å². The number of ketones is 10. The first-order chi connectivity index (χ1) is 46.4. The van der Waals surface area contributed by atoms with Crippen LogP contribution in [0.2, 0.25) is 0 Å². The zero-order valence-corrected chi connectivity index (χ0v) is 53.2. The predicted octanol–water partition coefficient (Wildman–Crippen LogP) is 10.8. The highest BCUT2D eigenvalue weighted by molar-refractivity contribution is 6.54. The van der Waals surface area contributed by atoms with Crippen molar-refractivity contribution >= 4 is 57.8 Å². The Labute approximate surface area is 555 Å². The van der Waals surface area contributed by atoms with Gasteiger partial charge in [0.2, 0.25) is 34.6 Å². The Balaban J connectivity index is 0.000000116. The number of nitrogens with zero attached hydrogens (tertiary/aromatic N) is 6. The maximum atomic E-state index is 12.3. The molecule has 23 nitrogen and oxygen atoms in total. The van der Waals surface area contributed by atoms with Gasteiger partial charge < -0.3 is 29.4 Å². The summed E-state index contributed by atoms with van der Waals surface area (Å²) in [6, 6.07) is 35.6. The van der Waals surface area contributed by atoms with Crippen LogP contribution in [0.25, 0.3) is 56.3 Å². The Bertz CT molecular complexity index is 4930. The van der Waals surface area contributed by atoms with Crippen LogP contribution in [0, 0.1) is 0 Å². The summed E-state index contributed by atoms with van der Waals surface area (Å²) in [4.78, 5) is 156. The molecule has 0 saturated carbocycles. The number of nitrogens with one attached hydrogen (secondary N) is 5. The first kappa shape index (κ1) is 65.8. The van der Waals surface area contributed by atoms with Gasteiger partial charge in [0, 0.05) is 94.1 Å². The number of aromatic amines is 5. The fourth-order valence-electron chi connectivity index (χ4n) is 12.8. The molecule has 5 aromatic heterocycles. The lowest BCUT2D eigenvalue weighted by molar-refractivity contribution is -0.679. The molecule has 2 fully saturated rings. The lowest BCUT2D eigenvalue weighted by Crippen LogP contribution is -2.40. The van der Waals surface area contributed by atoms with Gasteiger partial charge in [-0.15, -0.1) is 0 Å². The third-order valence-electron chi connectivity index (χ3n) is 17.9. The largest absolute Gasteiger partial charge is 0.379 e. The number of morpholine rings is 1. The molecule has 2 saturated heterocycles. The number of fused-ring (bicyclic) bond motifs is 15. The highest BCUT2D eigenvalue weighted by Gasteiger charge is 2.41. The van der Waals surface area contributed by atoms with Crippen LogP contribution in [0.3, 0.4) is 0 Å². The van der Waals surface area contributed by atoms with Crippen molar-refractivity contribution in [2.24, 2.45) is 7.05 Å². The predicted molar refractivity (Wildman–Crippen MR) is 355 cm³/mol. The number of hydrogen-bond donors (Lipinski definition) is 5. The van der Waals surface area contributed by atoms with Crippen molar-refractivity contribution in [3.8, 4) is 56.3 Å². The van der Waals surface area contributed by atoms with Crippen LogP contribution in [-0.4, -0.2) is 140 Å². The second-order valence-corrected chi connectivity index (χ2v) is 24.0. The highest BCUT2D eigenvalue weighted by atomic mass is 16.5. The van der Waals surface area contributed by atoms with E-state index in [2.05, 4.69) is 49.8 Å². The summed E-state index contributed by atoms with van der Waals surface area (Å²) in [5.41, 5.74) is 10.8. The number of carbonyl (C=O) groups is 10. The van der Waals surface area contributed by atoms with Crippen molar-refractivity contribution in [1.82, 2.24) is 49.8 Å². The van der Waals surface area contributed by atoms with Crippen LogP contribution in [0.1, 0.15) is 206 Å². The molecule has 10 aromatic rings. The van der Waals surface area contributed by atoms with E-state index in [1.54, 1.807) is 65.2 Å². The number of benzene rings is 5. The fraction of sp³-hybridized carbons (Fsp3) is 0.257. The van der Waals surface area contributed by atoms with Crippen LogP contribution >= 0.6 is 0 Å². The van der Waals surface area contributed by atoms with Crippen LogP contribution in [-0.2, 0) is 29.4 Å². The van der Waals surface area contributed by atoms with E-state index < -0.39 is 57.8 Å². The van der Waals surface area contributed by atoms with Gasteiger partial charge >= 0.3 is 0 Å². The molecule has 0 radical (unpaired) electrons. The fourth-order valence-corrected chi connectivity index (χ4v) is 12.8. The molecular formula is C74H68N11O12+. The Kier molecular flexibility index (Phi) is 18.2. The van der Waals surface area contributed by atoms with Crippen molar-refractivity contribution in [3.63, 3.8) is 0 Å². The first-order valence-electron chi connectivity index (χ1n) is 31.7. The van der Waals surface area contributed by atoms with E-state index in [0.717, 1.165) is 83.6 Å². The van der Waals surface area contributed by atoms with E-state index in [1.807, 2.05) is 102 Å². The molecular weight excluding hydrogens is 1230 g/mol. The van der Waals surface area contributed by atoms with Gasteiger partial charge in [0.1, 0.15) is 75.0 Å². The molecule has 0 bridgehead atoms. The number of aromatic nitrogens is 10. The maximum absolute atomic E-state index is 12.3. The summed E-state index contributed by atoms with van der Waals surface area (Å²) >= 11 is 0. The number of aryl methyl sites for hydroxylation is 2. The zero-order valence-electron chi connectivity index (χ0n) is 53.2. The third-order valence-corrected chi connectivity index (χ3v) is 17.9. The standard InChI is InChI=1S/C17H17N3O3.C15H12N2O3.2C14H12N2O2.C13H10N2O2.CH4/c1-10(20-6-8-23-9-7-20)17-18-13-11-4-2-3-5-12(11)15(21)16(22)14(13)19-17;18-13-9-5-2-1-4-8(9)11-12(14(13)19)17-15(16-11)10-6-3-7-20-10;1-7(2)14-15-10-8-5-3-4-6-9(8)12(17)13(18)11(10)16-14;1-3-10-15-11-8-6-4-5-7-9(8)13(17)14(18)12(11)16(10)2;1-2-9-14-10-7-5-3-4-6-8(7)12(16)13(17)11(10)15-9;/h2-5,10H,6-9H2,1H3,(H,18,19);1-2,4-5,10H,3,6-7H2,(H,16,17);3-7H,1-2H3,(H,15,16);4-7H,3H2,1-2H3;3-6H,2H2,1H3,(H,14,15);1H4/p+1. The minimum atomic E-state index is -0.518. The van der Waals surface area contributed by atoms with Crippen molar-refractivity contribution < 1.29 is 62.0 Å². The molecule has 7 heterocycles. The average Bonchev–Trinajstić information content (AvgIpc) is 1.66. The smallest absolute Gasteiger partial charge is 0.277 e. The summed E-state index contributed by atoms with van der Waals surface area (Å²) in [6.45, 7) is 13.7. The number of hydrogen-bond acceptors (Lipinski definition) is 17. The lowest BCUT2D eigenvalue weighted by atomic mass is 9.90. The molecule has 2 unspecified atom stereocenters. The number of H-pyrrole nitrogens is 5. The third kappa shape index (κ3) is 11.7. The lowest BCUT2D eigenvalue weighted by Gasteiger charge is -2.31. The second-order valence-electron chi connectivity index (χ2n) is 24.0. The summed E-state index contributed by atoms with van der Waals surface area (Å²) in [7, 11) is 1.81. The van der Waals surface area contributed by atoms with E-state index in [-0.39, 0.29) is 25.5 Å². The van der Waals surface area contributed by atoms with Crippen molar-refractivity contribution in [2.75, 3.05) is 32.9 Å². The summed E-state index contributed by atoms with van der Waals surface area (Å²) < 4.78 is 12.7. The van der Waals surface area contributed by atoms with E-state index in [1.165, 1.54) is 0 Å². The molecule has 490 valence electrons. The topological polar surface area (TPSA) is 327 Å². The average molecular weight is 1300 g/mol. The van der Waals surface area contributed by atoms with Crippen molar-refractivity contribution in [3.05, 3.63) is 207 Å². The molecule has 17 rings (SSSR count). The number of carbonyl (C=O) groups excluding carboxylic acids is 10. The second kappa shape index (κ2) is 26.9. The molecule has 97 heavy (non-hydrogen) atoms. The molecule has 2 atom stereocenters. The van der Waals surface area contributed by atoms with Crippen LogP contribution < -0.4 is 4.57 Å². The molecule has 5 aromatic carbocycles. The molecule has 5 N–H and O–H groups in total. The highest BCUT2D eigenvalue weighted by Crippen LogP contribution is 2.39. The Hall–Kier alpha value is -11.3. The number of Topliss-reactive ketones (excluding diaryl/α,β-unsaturated/α-hetero) is 10. The Morgan fingerprint density at radius 2 is 0.835 bits per heavy atom. The van der Waals surface area contributed by atoms with Gasteiger partial charge in [0.15, 0.2) is 5.69 Å². The van der Waals surface area contributed by atoms with E-state index in [4.69, 9.17) is 9.47 Å². The van der Waals surface area contributed by atoms with Gasteiger partial charge in [-0.05, 0) is 25.8 Å². The summed E-state index contributed by atoms with van der Waals surface area (Å²) in [5.74, 6) is -0.780. The van der Waals surface area contributed by atoms with Crippen LogP contribution in [0.5, 0.6) is 0 Å².